The van der Waals surface area contributed by atoms with Gasteiger partial charge in [0.25, 0.3) is 0 Å². The molecule has 7 heteroatoms. The van der Waals surface area contributed by atoms with Crippen molar-refractivity contribution in [2.75, 3.05) is 13.7 Å². The number of fused-ring (bicyclic) bond motifs is 7. The van der Waals surface area contributed by atoms with Crippen molar-refractivity contribution < 1.29 is 29.0 Å². The van der Waals surface area contributed by atoms with Gasteiger partial charge >= 0.3 is 11.9 Å². The highest BCUT2D eigenvalue weighted by atomic mass is 16.5. The number of hydrogen-bond donors (Lipinski definition) is 2. The molecule has 0 bridgehead atoms. The van der Waals surface area contributed by atoms with Gasteiger partial charge in [0, 0.05) is 12.0 Å². The van der Waals surface area contributed by atoms with Gasteiger partial charge in [-0.25, -0.2) is 0 Å². The number of carboxylic acid groups (broad SMARTS) is 1. The maximum absolute atomic E-state index is 14.5. The monoisotopic (exact) mass is 717 g/mol. The zero-order valence-corrected chi connectivity index (χ0v) is 33.8. The zero-order chi connectivity index (χ0) is 38.1. The van der Waals surface area contributed by atoms with Crippen molar-refractivity contribution in [2.45, 2.75) is 139 Å². The predicted molar refractivity (Wildman–Crippen MR) is 205 cm³/mol. The van der Waals surface area contributed by atoms with Crippen molar-refractivity contribution in [3.63, 3.8) is 0 Å². The van der Waals surface area contributed by atoms with Crippen LogP contribution in [0.1, 0.15) is 132 Å². The highest BCUT2D eigenvalue weighted by Gasteiger charge is 2.69. The second-order valence-corrected chi connectivity index (χ2v) is 19.9. The number of amides is 1. The molecule has 0 aromatic heterocycles. The number of allylic oxidation sites excluding steroid dienone is 2. The molecule has 0 radical (unpaired) electrons. The van der Waals surface area contributed by atoms with Crippen LogP contribution >= 0.6 is 0 Å². The van der Waals surface area contributed by atoms with Crippen LogP contribution in [0.25, 0.3) is 0 Å². The second-order valence-electron chi connectivity index (χ2n) is 19.9. The third-order valence-electron chi connectivity index (χ3n) is 16.7. The Kier molecular flexibility index (Phi) is 10.1. The maximum Gasteiger partial charge on any atom is 0.309 e. The number of esters is 1. The molecule has 4 saturated carbocycles. The molecule has 2 N–H and O–H groups in total. The first kappa shape index (κ1) is 38.9. The van der Waals surface area contributed by atoms with E-state index in [0.717, 1.165) is 70.0 Å². The number of aliphatic carboxylic acids is 1. The molecule has 1 amide bonds. The van der Waals surface area contributed by atoms with Crippen molar-refractivity contribution in [3.05, 3.63) is 41.5 Å². The zero-order valence-electron chi connectivity index (χ0n) is 33.8. The fourth-order valence-corrected chi connectivity index (χ4v) is 13.0. The van der Waals surface area contributed by atoms with Gasteiger partial charge in [-0.1, -0.05) is 72.2 Å². The molecule has 10 atom stereocenters. The normalized spacial score (nSPS) is 39.4. The fraction of sp³-hybridized carbons (Fsp3) is 0.756. The molecule has 1 aromatic carbocycles. The summed E-state index contributed by atoms with van der Waals surface area (Å²) in [7, 11) is 1.68. The number of hydrogen-bond acceptors (Lipinski definition) is 5. The van der Waals surface area contributed by atoms with Gasteiger partial charge < -0.3 is 19.9 Å². The molecule has 1 aromatic rings. The van der Waals surface area contributed by atoms with Crippen molar-refractivity contribution >= 4 is 17.8 Å². The Morgan fingerprint density at radius 2 is 1.60 bits per heavy atom. The standard InChI is InChI=1S/C45H67NO6/c1-28-17-23-45(38(48)46-26-20-30-11-13-31(51-10)14-12-30)25-24-43(8)32(37(45)29(28)2)15-16-34-42(7)21-19-35(52-36(47)27-40(3,4)39(49)50)41(5,6)33(42)18-22-44(34,43)9/h11-15,28-29,33-35,37H,16-27H2,1-10H3,(H,46,48)(H,49,50)/t28-,29+,33+,34-,35+,37+,42+,43-,44-,45+/m1/s1. The lowest BCUT2D eigenvalue weighted by Crippen LogP contribution is -2.66. The van der Waals surface area contributed by atoms with E-state index in [1.54, 1.807) is 26.5 Å². The van der Waals surface area contributed by atoms with Crippen molar-refractivity contribution in [1.82, 2.24) is 5.32 Å². The summed E-state index contributed by atoms with van der Waals surface area (Å²) in [6.45, 7) is 20.9. The SMILES string of the molecule is COc1ccc(CCNC(=O)[C@]23CC[C@@H](C)[C@H](C)[C@H]2C2=CC[C@@H]4[C@@]5(C)CC[C@H](OC(=O)CC(C)(C)C(=O)O)C(C)(C)[C@@H]5CC[C@@]4(C)[C@]2(C)CC3)cc1. The van der Waals surface area contributed by atoms with Gasteiger partial charge in [-0.3, -0.25) is 14.4 Å². The Balaban J connectivity index is 1.24. The summed E-state index contributed by atoms with van der Waals surface area (Å²) in [5, 5.41) is 13.1. The predicted octanol–water partition coefficient (Wildman–Crippen LogP) is 9.42. The number of rotatable bonds is 9. The minimum Gasteiger partial charge on any atom is -0.497 e. The molecule has 4 fully saturated rings. The van der Waals surface area contributed by atoms with E-state index in [0.29, 0.717) is 30.2 Å². The summed E-state index contributed by atoms with van der Waals surface area (Å²) in [6, 6.07) is 8.15. The van der Waals surface area contributed by atoms with Crippen LogP contribution in [-0.4, -0.2) is 42.7 Å². The first-order chi connectivity index (χ1) is 24.3. The minimum atomic E-state index is -1.15. The Labute approximate surface area is 313 Å². The summed E-state index contributed by atoms with van der Waals surface area (Å²) < 4.78 is 11.5. The van der Waals surface area contributed by atoms with E-state index in [9.17, 15) is 19.5 Å². The molecule has 288 valence electrons. The number of carbonyl (C=O) groups excluding carboxylic acids is 2. The second kappa shape index (κ2) is 13.5. The number of nitrogens with one attached hydrogen (secondary N) is 1. The smallest absolute Gasteiger partial charge is 0.309 e. The summed E-state index contributed by atoms with van der Waals surface area (Å²) in [6.07, 6.45) is 12.2. The Bertz CT molecular complexity index is 1580. The van der Waals surface area contributed by atoms with Crippen LogP contribution < -0.4 is 10.1 Å². The Morgan fingerprint density at radius 3 is 2.25 bits per heavy atom. The topological polar surface area (TPSA) is 102 Å². The molecule has 0 saturated heterocycles. The van der Waals surface area contributed by atoms with Gasteiger partial charge in [-0.2, -0.15) is 0 Å². The molecule has 52 heavy (non-hydrogen) atoms. The van der Waals surface area contributed by atoms with Gasteiger partial charge in [0.2, 0.25) is 5.91 Å². The lowest BCUT2D eigenvalue weighted by atomic mass is 9.33. The van der Waals surface area contributed by atoms with Crippen LogP contribution in [0.15, 0.2) is 35.9 Å². The van der Waals surface area contributed by atoms with Crippen molar-refractivity contribution in [3.8, 4) is 5.75 Å². The first-order valence-electron chi connectivity index (χ1n) is 20.3. The minimum absolute atomic E-state index is 0.0165. The molecule has 0 unspecified atom stereocenters. The summed E-state index contributed by atoms with van der Waals surface area (Å²) in [4.78, 5) is 39.4. The Morgan fingerprint density at radius 1 is 0.904 bits per heavy atom. The fourth-order valence-electron chi connectivity index (χ4n) is 13.0. The van der Waals surface area contributed by atoms with E-state index in [1.807, 2.05) is 12.1 Å². The van der Waals surface area contributed by atoms with Crippen molar-refractivity contribution in [2.24, 2.45) is 62.1 Å². The van der Waals surface area contributed by atoms with E-state index in [4.69, 9.17) is 9.47 Å². The maximum atomic E-state index is 14.5. The lowest BCUT2D eigenvalue weighted by molar-refractivity contribution is -0.214. The average molecular weight is 718 g/mol. The van der Waals surface area contributed by atoms with E-state index in [1.165, 1.54) is 5.56 Å². The number of benzene rings is 1. The van der Waals surface area contributed by atoms with Gasteiger partial charge in [0.05, 0.1) is 24.4 Å². The molecule has 5 aliphatic carbocycles. The van der Waals surface area contributed by atoms with Gasteiger partial charge in [0.15, 0.2) is 0 Å². The first-order valence-corrected chi connectivity index (χ1v) is 20.3. The molecule has 0 aliphatic heterocycles. The van der Waals surface area contributed by atoms with E-state index in [-0.39, 0.29) is 51.4 Å². The molecule has 0 spiro atoms. The van der Waals surface area contributed by atoms with E-state index >= 15 is 0 Å². The van der Waals surface area contributed by atoms with Gasteiger partial charge in [-0.05, 0) is 142 Å². The van der Waals surface area contributed by atoms with Crippen LogP contribution in [0, 0.1) is 62.1 Å². The largest absolute Gasteiger partial charge is 0.497 e. The molecule has 0 heterocycles. The Hall–Kier alpha value is -2.83. The molecular weight excluding hydrogens is 650 g/mol. The summed E-state index contributed by atoms with van der Waals surface area (Å²) in [5.74, 6) is 1.88. The molecular formula is C45H67NO6. The third-order valence-corrected chi connectivity index (χ3v) is 16.7. The number of carbonyl (C=O) groups is 3. The number of methoxy groups -OCH3 is 1. The quantitative estimate of drug-likeness (QED) is 0.195. The van der Waals surface area contributed by atoms with E-state index < -0.39 is 17.4 Å². The molecule has 6 rings (SSSR count). The third kappa shape index (κ3) is 6.03. The number of carboxylic acids is 1. The van der Waals surface area contributed by atoms with E-state index in [2.05, 4.69) is 72.0 Å². The van der Waals surface area contributed by atoms with Crippen LogP contribution in [0.4, 0.5) is 0 Å². The van der Waals surface area contributed by atoms with Crippen molar-refractivity contribution in [1.29, 1.82) is 0 Å². The summed E-state index contributed by atoms with van der Waals surface area (Å²) >= 11 is 0. The van der Waals surface area contributed by atoms with Gasteiger partial charge in [0.1, 0.15) is 11.9 Å². The summed E-state index contributed by atoms with van der Waals surface area (Å²) in [5.41, 5.74) is 1.25. The van der Waals surface area contributed by atoms with Crippen LogP contribution in [0.2, 0.25) is 0 Å². The lowest BCUT2D eigenvalue weighted by Gasteiger charge is -2.71. The average Bonchev–Trinajstić information content (AvgIpc) is 3.08. The highest BCUT2D eigenvalue weighted by molar-refractivity contribution is 5.84. The van der Waals surface area contributed by atoms with Crippen LogP contribution in [-0.2, 0) is 25.5 Å². The highest BCUT2D eigenvalue weighted by Crippen LogP contribution is 2.76. The van der Waals surface area contributed by atoms with Crippen LogP contribution in [0.3, 0.4) is 0 Å². The molecule has 7 nitrogen and oxygen atoms in total. The van der Waals surface area contributed by atoms with Gasteiger partial charge in [-0.15, -0.1) is 0 Å². The molecule has 5 aliphatic rings. The number of ether oxygens (including phenoxy) is 2. The van der Waals surface area contributed by atoms with Crippen LogP contribution in [0.5, 0.6) is 5.75 Å².